The van der Waals surface area contributed by atoms with Gasteiger partial charge in [-0.15, -0.1) is 0 Å². The van der Waals surface area contributed by atoms with Gasteiger partial charge in [0.15, 0.2) is 0 Å². The Hall–Kier alpha value is -0.940. The summed E-state index contributed by atoms with van der Waals surface area (Å²) in [6, 6.07) is 7.53. The van der Waals surface area contributed by atoms with Crippen molar-refractivity contribution in [3.8, 4) is 0 Å². The van der Waals surface area contributed by atoms with E-state index >= 15 is 0 Å². The molecule has 5 heteroatoms. The number of rotatable bonds is 4. The van der Waals surface area contributed by atoms with Crippen LogP contribution in [0.15, 0.2) is 24.3 Å². The lowest BCUT2D eigenvalue weighted by Crippen LogP contribution is -2.25. The average molecular weight is 285 g/mol. The molecule has 1 aliphatic heterocycles. The molecule has 1 atom stereocenters. The fourth-order valence-corrected chi connectivity index (χ4v) is 4.00. The highest BCUT2D eigenvalue weighted by Gasteiger charge is 2.24. The molecule has 0 aromatic heterocycles. The Labute approximate surface area is 113 Å². The van der Waals surface area contributed by atoms with Gasteiger partial charge in [-0.2, -0.15) is 0 Å². The number of nitrogens with two attached hydrogens (primary N) is 1. The lowest BCUT2D eigenvalue weighted by molar-refractivity contribution is 0.427. The maximum Gasteiger partial charge on any atom is 0.150 e. The normalized spacial score (nSPS) is 21.2. The summed E-state index contributed by atoms with van der Waals surface area (Å²) in [7, 11) is -2.81. The minimum Gasteiger partial charge on any atom is -0.325 e. The van der Waals surface area contributed by atoms with Crippen LogP contribution >= 0.6 is 0 Å². The number of alkyl halides is 1. The predicted molar refractivity (Wildman–Crippen MR) is 74.7 cm³/mol. The van der Waals surface area contributed by atoms with Gasteiger partial charge < -0.3 is 5.73 Å². The Bertz CT molecular complexity index is 499. The molecule has 19 heavy (non-hydrogen) atoms. The smallest absolute Gasteiger partial charge is 0.150 e. The van der Waals surface area contributed by atoms with E-state index in [4.69, 9.17) is 5.73 Å². The second-order valence-corrected chi connectivity index (χ2v) is 7.59. The van der Waals surface area contributed by atoms with Crippen molar-refractivity contribution in [2.24, 2.45) is 5.73 Å². The largest absolute Gasteiger partial charge is 0.325 e. The zero-order valence-corrected chi connectivity index (χ0v) is 11.7. The second-order valence-electron chi connectivity index (χ2n) is 5.29. The summed E-state index contributed by atoms with van der Waals surface area (Å²) in [6.45, 7) is -0.512. The number of hydrogen-bond acceptors (Lipinski definition) is 3. The summed E-state index contributed by atoms with van der Waals surface area (Å²) in [5.41, 5.74) is 7.77. The van der Waals surface area contributed by atoms with Gasteiger partial charge >= 0.3 is 0 Å². The van der Waals surface area contributed by atoms with E-state index < -0.39 is 22.6 Å². The molecule has 0 spiro atoms. The molecule has 0 bridgehead atoms. The maximum atomic E-state index is 12.3. The lowest BCUT2D eigenvalue weighted by atomic mass is 9.92. The summed E-state index contributed by atoms with van der Waals surface area (Å²) in [6.07, 6.45) is 1.94. The molecule has 2 rings (SSSR count). The molecule has 0 aliphatic carbocycles. The number of hydrogen-bond donors (Lipinski definition) is 1. The van der Waals surface area contributed by atoms with Crippen molar-refractivity contribution in [3.05, 3.63) is 35.4 Å². The first-order chi connectivity index (χ1) is 9.00. The van der Waals surface area contributed by atoms with Crippen LogP contribution < -0.4 is 5.73 Å². The molecule has 1 aromatic rings. The monoisotopic (exact) mass is 285 g/mol. The third kappa shape index (κ3) is 4.01. The number of benzene rings is 1. The van der Waals surface area contributed by atoms with Crippen molar-refractivity contribution < 1.29 is 12.8 Å². The van der Waals surface area contributed by atoms with Crippen LogP contribution in [0.2, 0.25) is 0 Å². The van der Waals surface area contributed by atoms with Crippen LogP contribution in [0, 0.1) is 0 Å². The van der Waals surface area contributed by atoms with E-state index in [0.29, 0.717) is 25.2 Å². The highest BCUT2D eigenvalue weighted by atomic mass is 32.2. The van der Waals surface area contributed by atoms with Crippen molar-refractivity contribution in [1.82, 2.24) is 0 Å². The van der Waals surface area contributed by atoms with E-state index in [-0.39, 0.29) is 11.5 Å². The standard InChI is InChI=1S/C14H20FNO2S/c15-10-14(16)9-11-1-3-12(4-2-11)13-5-7-19(17,18)8-6-13/h1-4,13-14H,5-10,16H2/t14-/m0/s1. The van der Waals surface area contributed by atoms with E-state index in [9.17, 15) is 12.8 Å². The first-order valence-corrected chi connectivity index (χ1v) is 8.43. The molecule has 0 radical (unpaired) electrons. The fraction of sp³-hybridized carbons (Fsp3) is 0.571. The van der Waals surface area contributed by atoms with Gasteiger partial charge in [-0.1, -0.05) is 24.3 Å². The Balaban J connectivity index is 1.99. The van der Waals surface area contributed by atoms with Crippen molar-refractivity contribution in [2.75, 3.05) is 18.2 Å². The Morgan fingerprint density at radius 3 is 2.32 bits per heavy atom. The SMILES string of the molecule is N[C@H](CF)Cc1ccc(C2CCS(=O)(=O)CC2)cc1. The van der Waals surface area contributed by atoms with Crippen LogP contribution in [0.3, 0.4) is 0 Å². The van der Waals surface area contributed by atoms with Crippen LogP contribution in [-0.2, 0) is 16.3 Å². The van der Waals surface area contributed by atoms with E-state index in [2.05, 4.69) is 0 Å². The van der Waals surface area contributed by atoms with Crippen LogP contribution in [0.25, 0.3) is 0 Å². The molecule has 0 saturated carbocycles. The van der Waals surface area contributed by atoms with Gasteiger partial charge in [-0.3, -0.25) is 0 Å². The van der Waals surface area contributed by atoms with Crippen LogP contribution in [0.4, 0.5) is 4.39 Å². The molecular formula is C14H20FNO2S. The molecule has 0 unspecified atom stereocenters. The number of sulfone groups is 1. The first-order valence-electron chi connectivity index (χ1n) is 6.61. The van der Waals surface area contributed by atoms with Crippen LogP contribution in [-0.4, -0.2) is 32.6 Å². The molecule has 0 amide bonds. The topological polar surface area (TPSA) is 60.2 Å². The van der Waals surface area contributed by atoms with E-state index in [1.165, 1.54) is 5.56 Å². The quantitative estimate of drug-likeness (QED) is 0.918. The molecule has 1 aliphatic rings. The van der Waals surface area contributed by atoms with Crippen LogP contribution in [0.1, 0.15) is 29.9 Å². The Morgan fingerprint density at radius 1 is 1.21 bits per heavy atom. The third-order valence-corrected chi connectivity index (χ3v) is 5.42. The second kappa shape index (κ2) is 6.01. The molecule has 3 nitrogen and oxygen atoms in total. The summed E-state index contributed by atoms with van der Waals surface area (Å²) < 4.78 is 35.1. The van der Waals surface area contributed by atoms with Gasteiger partial charge in [0.05, 0.1) is 11.5 Å². The van der Waals surface area contributed by atoms with Gasteiger partial charge in [0.2, 0.25) is 0 Å². The summed E-state index contributed by atoms with van der Waals surface area (Å²) >= 11 is 0. The molecule has 106 valence electrons. The molecular weight excluding hydrogens is 265 g/mol. The average Bonchev–Trinajstić information content (AvgIpc) is 2.40. The van der Waals surface area contributed by atoms with E-state index in [1.807, 2.05) is 24.3 Å². The Morgan fingerprint density at radius 2 is 1.79 bits per heavy atom. The minimum absolute atomic E-state index is 0.284. The zero-order chi connectivity index (χ0) is 13.9. The minimum atomic E-state index is -2.81. The van der Waals surface area contributed by atoms with E-state index in [1.54, 1.807) is 0 Å². The molecule has 1 fully saturated rings. The summed E-state index contributed by atoms with van der Waals surface area (Å²) in [5, 5.41) is 0. The molecule has 1 aromatic carbocycles. The maximum absolute atomic E-state index is 12.3. The van der Waals surface area contributed by atoms with Gasteiger partial charge in [0.1, 0.15) is 16.5 Å². The van der Waals surface area contributed by atoms with E-state index in [0.717, 1.165) is 5.56 Å². The van der Waals surface area contributed by atoms with Crippen molar-refractivity contribution in [1.29, 1.82) is 0 Å². The number of halogens is 1. The highest BCUT2D eigenvalue weighted by molar-refractivity contribution is 7.91. The lowest BCUT2D eigenvalue weighted by Gasteiger charge is -2.22. The highest BCUT2D eigenvalue weighted by Crippen LogP contribution is 2.29. The third-order valence-electron chi connectivity index (χ3n) is 3.70. The Kier molecular flexibility index (Phi) is 4.58. The van der Waals surface area contributed by atoms with Crippen LogP contribution in [0.5, 0.6) is 0 Å². The van der Waals surface area contributed by atoms with Gasteiger partial charge in [0, 0.05) is 6.04 Å². The predicted octanol–water partition coefficient (Wildman–Crippen LogP) is 1.82. The first kappa shape index (κ1) is 14.5. The summed E-state index contributed by atoms with van der Waals surface area (Å²) in [4.78, 5) is 0. The van der Waals surface area contributed by atoms with Gasteiger partial charge in [0.25, 0.3) is 0 Å². The fourth-order valence-electron chi connectivity index (χ4n) is 2.51. The molecule has 1 saturated heterocycles. The molecule has 1 heterocycles. The van der Waals surface area contributed by atoms with Crippen molar-refractivity contribution in [3.63, 3.8) is 0 Å². The molecule has 2 N–H and O–H groups in total. The van der Waals surface area contributed by atoms with Gasteiger partial charge in [-0.25, -0.2) is 12.8 Å². The zero-order valence-electron chi connectivity index (χ0n) is 10.9. The summed E-state index contributed by atoms with van der Waals surface area (Å²) in [5.74, 6) is 0.894. The van der Waals surface area contributed by atoms with Crippen molar-refractivity contribution in [2.45, 2.75) is 31.2 Å². The van der Waals surface area contributed by atoms with Crippen molar-refractivity contribution >= 4 is 9.84 Å². The van der Waals surface area contributed by atoms with Gasteiger partial charge in [-0.05, 0) is 36.3 Å².